The van der Waals surface area contributed by atoms with Gasteiger partial charge in [0.15, 0.2) is 0 Å². The van der Waals surface area contributed by atoms with Gasteiger partial charge in [-0.15, -0.1) is 0 Å². The van der Waals surface area contributed by atoms with Crippen molar-refractivity contribution in [2.24, 2.45) is 5.92 Å². The van der Waals surface area contributed by atoms with E-state index in [4.69, 9.17) is 10.00 Å². The van der Waals surface area contributed by atoms with E-state index in [1.54, 1.807) is 18.2 Å². The number of hydrogen-bond acceptors (Lipinski definition) is 4. The van der Waals surface area contributed by atoms with Crippen LogP contribution in [-0.4, -0.2) is 29.9 Å². The van der Waals surface area contributed by atoms with Gasteiger partial charge in [0.05, 0.1) is 12.7 Å². The van der Waals surface area contributed by atoms with Crippen LogP contribution < -0.4 is 10.1 Å². The molecule has 30 heavy (non-hydrogen) atoms. The third kappa shape index (κ3) is 3.63. The highest BCUT2D eigenvalue weighted by molar-refractivity contribution is 5.99. The molecule has 1 aliphatic heterocycles. The van der Waals surface area contributed by atoms with E-state index < -0.39 is 0 Å². The molecule has 0 atom stereocenters. The first-order valence-electron chi connectivity index (χ1n) is 10.3. The number of carbonyl (C=O) groups excluding carboxylic acids is 2. The summed E-state index contributed by atoms with van der Waals surface area (Å²) in [5.41, 5.74) is 4.18. The van der Waals surface area contributed by atoms with Crippen LogP contribution in [0.5, 0.6) is 5.75 Å². The fourth-order valence-corrected chi connectivity index (χ4v) is 4.56. The first kappa shape index (κ1) is 20.0. The zero-order chi connectivity index (χ0) is 21.3. The van der Waals surface area contributed by atoms with Crippen LogP contribution in [0.25, 0.3) is 0 Å². The second-order valence-electron chi connectivity index (χ2n) is 8.06. The molecule has 0 spiro atoms. The smallest absolute Gasteiger partial charge is 0.254 e. The van der Waals surface area contributed by atoms with E-state index >= 15 is 0 Å². The fourth-order valence-electron chi connectivity index (χ4n) is 4.56. The van der Waals surface area contributed by atoms with Gasteiger partial charge < -0.3 is 15.0 Å². The van der Waals surface area contributed by atoms with Gasteiger partial charge in [-0.2, -0.15) is 5.26 Å². The Morgan fingerprint density at radius 2 is 1.97 bits per heavy atom. The predicted molar refractivity (Wildman–Crippen MR) is 113 cm³/mol. The van der Waals surface area contributed by atoms with Gasteiger partial charge in [-0.25, -0.2) is 0 Å². The van der Waals surface area contributed by atoms with E-state index in [9.17, 15) is 9.59 Å². The molecule has 2 amide bonds. The molecule has 1 fully saturated rings. The summed E-state index contributed by atoms with van der Waals surface area (Å²) in [6.45, 7) is 2.72. The van der Waals surface area contributed by atoms with Crippen molar-refractivity contribution in [3.05, 3.63) is 58.7 Å². The van der Waals surface area contributed by atoms with Crippen LogP contribution >= 0.6 is 0 Å². The maximum Gasteiger partial charge on any atom is 0.254 e. The number of carbonyl (C=O) groups is 2. The molecule has 0 radical (unpaired) electrons. The average Bonchev–Trinajstić information content (AvgIpc) is 3.11. The highest BCUT2D eigenvalue weighted by atomic mass is 16.5. The van der Waals surface area contributed by atoms with Crippen molar-refractivity contribution >= 4 is 17.5 Å². The number of rotatable bonds is 4. The maximum atomic E-state index is 12.8. The van der Waals surface area contributed by atoms with Gasteiger partial charge in [-0.3, -0.25) is 9.59 Å². The molecule has 2 aliphatic rings. The molecule has 2 aromatic rings. The average molecular weight is 403 g/mol. The number of methoxy groups -OCH3 is 1. The molecule has 0 bridgehead atoms. The molecule has 6 nitrogen and oxygen atoms in total. The Labute approximate surface area is 176 Å². The number of nitriles is 1. The Morgan fingerprint density at radius 1 is 1.20 bits per heavy atom. The monoisotopic (exact) mass is 403 g/mol. The Kier molecular flexibility index (Phi) is 5.45. The number of nitrogens with one attached hydrogen (secondary N) is 1. The minimum absolute atomic E-state index is 0.0212. The van der Waals surface area contributed by atoms with E-state index in [2.05, 4.69) is 24.4 Å². The highest BCUT2D eigenvalue weighted by Gasteiger charge is 2.36. The van der Waals surface area contributed by atoms with Crippen LogP contribution in [-0.2, 0) is 11.3 Å². The van der Waals surface area contributed by atoms with Gasteiger partial charge in [0.25, 0.3) is 5.91 Å². The van der Waals surface area contributed by atoms with Crippen molar-refractivity contribution in [2.75, 3.05) is 12.4 Å². The molecule has 0 saturated heterocycles. The fraction of sp³-hybridized carbons (Fsp3) is 0.375. The van der Waals surface area contributed by atoms with Gasteiger partial charge in [0.2, 0.25) is 5.91 Å². The number of ether oxygens (including phenoxy) is 1. The van der Waals surface area contributed by atoms with Crippen molar-refractivity contribution in [3.8, 4) is 11.8 Å². The van der Waals surface area contributed by atoms with Crippen LogP contribution in [0.2, 0.25) is 0 Å². The van der Waals surface area contributed by atoms with E-state index in [0.717, 1.165) is 42.4 Å². The summed E-state index contributed by atoms with van der Waals surface area (Å²) < 4.78 is 5.21. The molecule has 0 aromatic heterocycles. The van der Waals surface area contributed by atoms with Gasteiger partial charge in [0, 0.05) is 35.8 Å². The number of fused-ring (bicyclic) bond motifs is 1. The lowest BCUT2D eigenvalue weighted by Gasteiger charge is -2.34. The molecular weight excluding hydrogens is 378 g/mol. The second kappa shape index (κ2) is 8.19. The van der Waals surface area contributed by atoms with Gasteiger partial charge in [0.1, 0.15) is 11.8 Å². The minimum Gasteiger partial charge on any atom is -0.495 e. The number of anilines is 1. The summed E-state index contributed by atoms with van der Waals surface area (Å²) in [5, 5.41) is 12.0. The van der Waals surface area contributed by atoms with Gasteiger partial charge in [-0.1, -0.05) is 12.1 Å². The molecule has 0 unspecified atom stereocenters. The topological polar surface area (TPSA) is 82.4 Å². The first-order valence-corrected chi connectivity index (χ1v) is 10.3. The van der Waals surface area contributed by atoms with Crippen LogP contribution in [0.4, 0.5) is 5.69 Å². The number of benzene rings is 2. The number of nitrogens with zero attached hydrogens (tertiary/aromatic N) is 2. The zero-order valence-corrected chi connectivity index (χ0v) is 17.3. The zero-order valence-electron chi connectivity index (χ0n) is 17.3. The number of aryl methyl sites for hydroxylation is 1. The third-order valence-corrected chi connectivity index (χ3v) is 6.33. The SMILES string of the molecule is COc1cc(NC(=O)C2CCC(N3Cc4c(C)cccc4C3=O)CC2)ccc1C#N. The molecule has 1 aliphatic carbocycles. The lowest BCUT2D eigenvalue weighted by Crippen LogP contribution is -2.40. The minimum atomic E-state index is -0.0790. The Bertz CT molecular complexity index is 1030. The number of hydrogen-bond donors (Lipinski definition) is 1. The normalized spacial score (nSPS) is 20.4. The maximum absolute atomic E-state index is 12.8. The number of amides is 2. The molecule has 2 aromatic carbocycles. The van der Waals surface area contributed by atoms with Crippen molar-refractivity contribution < 1.29 is 14.3 Å². The summed E-state index contributed by atoms with van der Waals surface area (Å²) in [4.78, 5) is 27.6. The van der Waals surface area contributed by atoms with Crippen molar-refractivity contribution in [3.63, 3.8) is 0 Å². The predicted octanol–water partition coefficient (Wildman–Crippen LogP) is 4.03. The van der Waals surface area contributed by atoms with E-state index in [1.807, 2.05) is 17.0 Å². The summed E-state index contributed by atoms with van der Waals surface area (Å²) in [6, 6.07) is 13.2. The van der Waals surface area contributed by atoms with E-state index in [-0.39, 0.29) is 23.8 Å². The lowest BCUT2D eigenvalue weighted by molar-refractivity contribution is -0.121. The Balaban J connectivity index is 1.36. The third-order valence-electron chi connectivity index (χ3n) is 6.33. The summed E-state index contributed by atoms with van der Waals surface area (Å²) in [7, 11) is 1.50. The molecule has 1 saturated carbocycles. The van der Waals surface area contributed by atoms with Gasteiger partial charge >= 0.3 is 0 Å². The van der Waals surface area contributed by atoms with Gasteiger partial charge in [-0.05, 0) is 61.9 Å². The summed E-state index contributed by atoms with van der Waals surface area (Å²) in [6.07, 6.45) is 3.16. The summed E-state index contributed by atoms with van der Waals surface area (Å²) in [5.74, 6) is 0.462. The van der Waals surface area contributed by atoms with Crippen molar-refractivity contribution in [1.29, 1.82) is 5.26 Å². The Hall–Kier alpha value is -3.33. The first-order chi connectivity index (χ1) is 14.5. The Morgan fingerprint density at radius 3 is 2.63 bits per heavy atom. The largest absolute Gasteiger partial charge is 0.495 e. The molecule has 1 N–H and O–H groups in total. The van der Waals surface area contributed by atoms with Crippen LogP contribution in [0.15, 0.2) is 36.4 Å². The van der Waals surface area contributed by atoms with Crippen LogP contribution in [0.3, 0.4) is 0 Å². The molecule has 4 rings (SSSR count). The van der Waals surface area contributed by atoms with Crippen LogP contribution in [0, 0.1) is 24.2 Å². The van der Waals surface area contributed by atoms with Crippen molar-refractivity contribution in [1.82, 2.24) is 4.90 Å². The molecule has 154 valence electrons. The van der Waals surface area contributed by atoms with Crippen molar-refractivity contribution in [2.45, 2.75) is 45.2 Å². The highest BCUT2D eigenvalue weighted by Crippen LogP contribution is 2.34. The lowest BCUT2D eigenvalue weighted by atomic mass is 9.84. The van der Waals surface area contributed by atoms with E-state index in [0.29, 0.717) is 23.5 Å². The quantitative estimate of drug-likeness (QED) is 0.836. The summed E-state index contributed by atoms with van der Waals surface area (Å²) >= 11 is 0. The molecule has 1 heterocycles. The molecule has 6 heteroatoms. The van der Waals surface area contributed by atoms with E-state index in [1.165, 1.54) is 7.11 Å². The van der Waals surface area contributed by atoms with Crippen LogP contribution in [0.1, 0.15) is 52.7 Å². The second-order valence-corrected chi connectivity index (χ2v) is 8.06. The molecular formula is C24H25N3O3. The standard InChI is InChI=1S/C24H25N3O3/c1-15-4-3-5-20-21(15)14-27(24(20)29)19-10-7-16(8-11-19)23(28)26-18-9-6-17(13-25)22(12-18)30-2/h3-6,9,12,16,19H,7-8,10-11,14H2,1-2H3,(H,26,28).